The van der Waals surface area contributed by atoms with Crippen LogP contribution < -0.4 is 5.32 Å². The van der Waals surface area contributed by atoms with Crippen molar-refractivity contribution in [3.63, 3.8) is 0 Å². The fraction of sp³-hybridized carbons (Fsp3) is 0.923. The predicted molar refractivity (Wildman–Crippen MR) is 78.4 cm³/mol. The van der Waals surface area contributed by atoms with Gasteiger partial charge in [-0.15, -0.1) is 0 Å². The standard InChI is InChI=1S/C13H25N3O3S/c1-13(2,12(17)16-7-5-14-6-8-16)15(3)11-4-9-20(18,19)10-11/h11,14H,4-10H2,1-3H3. The number of amides is 1. The van der Waals surface area contributed by atoms with Crippen molar-refractivity contribution in [3.05, 3.63) is 0 Å². The van der Waals surface area contributed by atoms with Crippen LogP contribution in [0, 0.1) is 0 Å². The smallest absolute Gasteiger partial charge is 0.242 e. The molecule has 0 aromatic heterocycles. The molecule has 6 nitrogen and oxygen atoms in total. The zero-order chi connectivity index (χ0) is 15.0. The van der Waals surface area contributed by atoms with Crippen LogP contribution in [0.1, 0.15) is 20.3 Å². The van der Waals surface area contributed by atoms with E-state index in [1.165, 1.54) is 0 Å². The highest BCUT2D eigenvalue weighted by molar-refractivity contribution is 7.91. The molecule has 2 aliphatic rings. The summed E-state index contributed by atoms with van der Waals surface area (Å²) in [6.07, 6.45) is 0.622. The van der Waals surface area contributed by atoms with Crippen LogP contribution in [-0.4, -0.2) is 80.4 Å². The lowest BCUT2D eigenvalue weighted by Gasteiger charge is -2.42. The fourth-order valence-electron chi connectivity index (χ4n) is 2.94. The normalized spacial score (nSPS) is 27.0. The molecule has 0 spiro atoms. The van der Waals surface area contributed by atoms with Crippen LogP contribution in [0.5, 0.6) is 0 Å². The van der Waals surface area contributed by atoms with E-state index < -0.39 is 15.4 Å². The lowest BCUT2D eigenvalue weighted by atomic mass is 9.98. The second kappa shape index (κ2) is 5.61. The molecular formula is C13H25N3O3S. The zero-order valence-electron chi connectivity index (χ0n) is 12.6. The first-order chi connectivity index (χ1) is 9.24. The molecule has 20 heavy (non-hydrogen) atoms. The van der Waals surface area contributed by atoms with E-state index in [9.17, 15) is 13.2 Å². The average Bonchev–Trinajstić information content (AvgIpc) is 2.78. The largest absolute Gasteiger partial charge is 0.339 e. The van der Waals surface area contributed by atoms with E-state index in [-0.39, 0.29) is 23.5 Å². The van der Waals surface area contributed by atoms with Gasteiger partial charge in [0.2, 0.25) is 5.91 Å². The lowest BCUT2D eigenvalue weighted by Crippen LogP contribution is -2.60. The Morgan fingerprint density at radius 2 is 1.90 bits per heavy atom. The third-order valence-electron chi connectivity index (χ3n) is 4.57. The van der Waals surface area contributed by atoms with E-state index in [2.05, 4.69) is 5.32 Å². The van der Waals surface area contributed by atoms with Crippen molar-refractivity contribution in [1.29, 1.82) is 0 Å². The summed E-state index contributed by atoms with van der Waals surface area (Å²) in [5, 5.41) is 3.23. The third kappa shape index (κ3) is 3.15. The number of carbonyl (C=O) groups is 1. The Balaban J connectivity index is 2.06. The molecule has 2 fully saturated rings. The number of nitrogens with one attached hydrogen (secondary N) is 1. The number of rotatable bonds is 3. The summed E-state index contributed by atoms with van der Waals surface area (Å²) < 4.78 is 23.2. The monoisotopic (exact) mass is 303 g/mol. The van der Waals surface area contributed by atoms with Crippen LogP contribution in [0.25, 0.3) is 0 Å². The number of hydrogen-bond acceptors (Lipinski definition) is 5. The number of nitrogens with zero attached hydrogens (tertiary/aromatic N) is 2. The minimum absolute atomic E-state index is 0.0538. The van der Waals surface area contributed by atoms with Gasteiger partial charge in [0.1, 0.15) is 0 Å². The van der Waals surface area contributed by atoms with Gasteiger partial charge in [-0.3, -0.25) is 9.69 Å². The van der Waals surface area contributed by atoms with Crippen LogP contribution >= 0.6 is 0 Å². The predicted octanol–water partition coefficient (Wildman–Crippen LogP) is -0.684. The van der Waals surface area contributed by atoms with Crippen molar-refractivity contribution in [1.82, 2.24) is 15.1 Å². The van der Waals surface area contributed by atoms with Gasteiger partial charge < -0.3 is 10.2 Å². The molecular weight excluding hydrogens is 278 g/mol. The van der Waals surface area contributed by atoms with Gasteiger partial charge in [0, 0.05) is 32.2 Å². The molecule has 1 unspecified atom stereocenters. The number of carbonyl (C=O) groups excluding carboxylic acids is 1. The van der Waals surface area contributed by atoms with Crippen LogP contribution in [-0.2, 0) is 14.6 Å². The second-order valence-electron chi connectivity index (χ2n) is 6.27. The molecule has 0 aromatic rings. The molecule has 0 radical (unpaired) electrons. The van der Waals surface area contributed by atoms with Gasteiger partial charge in [0.25, 0.3) is 0 Å². The summed E-state index contributed by atoms with van der Waals surface area (Å²) in [6.45, 7) is 6.87. The van der Waals surface area contributed by atoms with E-state index in [1.807, 2.05) is 30.7 Å². The van der Waals surface area contributed by atoms with E-state index >= 15 is 0 Å². The van der Waals surface area contributed by atoms with Crippen molar-refractivity contribution in [2.24, 2.45) is 0 Å². The number of piperazine rings is 1. The summed E-state index contributed by atoms with van der Waals surface area (Å²) >= 11 is 0. The summed E-state index contributed by atoms with van der Waals surface area (Å²) in [5.74, 6) is 0.493. The van der Waals surface area contributed by atoms with Gasteiger partial charge in [0.15, 0.2) is 9.84 Å². The van der Waals surface area contributed by atoms with Crippen molar-refractivity contribution < 1.29 is 13.2 Å². The van der Waals surface area contributed by atoms with Crippen molar-refractivity contribution in [2.75, 3.05) is 44.7 Å². The van der Waals surface area contributed by atoms with Gasteiger partial charge >= 0.3 is 0 Å². The first-order valence-electron chi connectivity index (χ1n) is 7.17. The van der Waals surface area contributed by atoms with Crippen LogP contribution in [0.2, 0.25) is 0 Å². The molecule has 0 aromatic carbocycles. The lowest BCUT2D eigenvalue weighted by molar-refractivity contribution is -0.143. The van der Waals surface area contributed by atoms with Crippen LogP contribution in [0.4, 0.5) is 0 Å². The molecule has 7 heteroatoms. The molecule has 0 bridgehead atoms. The maximum Gasteiger partial charge on any atom is 0.242 e. The Hall–Kier alpha value is -0.660. The first kappa shape index (κ1) is 15.7. The van der Waals surface area contributed by atoms with E-state index in [0.29, 0.717) is 6.42 Å². The molecule has 116 valence electrons. The van der Waals surface area contributed by atoms with Crippen LogP contribution in [0.15, 0.2) is 0 Å². The van der Waals surface area contributed by atoms with Crippen molar-refractivity contribution in [2.45, 2.75) is 31.8 Å². The Bertz CT molecular complexity index is 469. The minimum Gasteiger partial charge on any atom is -0.339 e. The van der Waals surface area contributed by atoms with Gasteiger partial charge in [-0.1, -0.05) is 0 Å². The van der Waals surface area contributed by atoms with Gasteiger partial charge in [0.05, 0.1) is 17.0 Å². The molecule has 2 saturated heterocycles. The number of sulfone groups is 1. The van der Waals surface area contributed by atoms with Gasteiger partial charge in [-0.2, -0.15) is 0 Å². The fourth-order valence-corrected chi connectivity index (χ4v) is 4.72. The maximum atomic E-state index is 12.7. The Labute approximate surface area is 121 Å². The molecule has 2 rings (SSSR count). The van der Waals surface area contributed by atoms with E-state index in [4.69, 9.17) is 0 Å². The molecule has 1 atom stereocenters. The minimum atomic E-state index is -2.93. The van der Waals surface area contributed by atoms with Gasteiger partial charge in [-0.05, 0) is 27.3 Å². The second-order valence-corrected chi connectivity index (χ2v) is 8.50. The topological polar surface area (TPSA) is 69.7 Å². The van der Waals surface area contributed by atoms with Crippen molar-refractivity contribution in [3.8, 4) is 0 Å². The summed E-state index contributed by atoms with van der Waals surface area (Å²) in [5.41, 5.74) is -0.665. The molecule has 1 amide bonds. The van der Waals surface area contributed by atoms with Crippen LogP contribution in [0.3, 0.4) is 0 Å². The molecule has 2 heterocycles. The third-order valence-corrected chi connectivity index (χ3v) is 6.32. The summed E-state index contributed by atoms with van der Waals surface area (Å²) in [7, 11) is -1.06. The molecule has 0 saturated carbocycles. The molecule has 0 aliphatic carbocycles. The highest BCUT2D eigenvalue weighted by atomic mass is 32.2. The quantitative estimate of drug-likeness (QED) is 0.748. The average molecular weight is 303 g/mol. The number of likely N-dealkylation sites (N-methyl/N-ethyl adjacent to an activating group) is 1. The Kier molecular flexibility index (Phi) is 4.41. The molecule has 1 N–H and O–H groups in total. The van der Waals surface area contributed by atoms with E-state index in [0.717, 1.165) is 26.2 Å². The van der Waals surface area contributed by atoms with E-state index in [1.54, 1.807) is 0 Å². The highest BCUT2D eigenvalue weighted by Crippen LogP contribution is 2.25. The zero-order valence-corrected chi connectivity index (χ0v) is 13.4. The Morgan fingerprint density at radius 3 is 2.40 bits per heavy atom. The number of hydrogen-bond donors (Lipinski definition) is 1. The molecule has 2 aliphatic heterocycles. The Morgan fingerprint density at radius 1 is 1.30 bits per heavy atom. The highest BCUT2D eigenvalue weighted by Gasteiger charge is 2.42. The first-order valence-corrected chi connectivity index (χ1v) is 8.99. The maximum absolute atomic E-state index is 12.7. The van der Waals surface area contributed by atoms with Gasteiger partial charge in [-0.25, -0.2) is 8.42 Å². The summed E-state index contributed by atoms with van der Waals surface area (Å²) in [6, 6.07) is -0.0538. The summed E-state index contributed by atoms with van der Waals surface area (Å²) in [4.78, 5) is 16.5. The van der Waals surface area contributed by atoms with Crippen molar-refractivity contribution >= 4 is 15.7 Å². The SMILES string of the molecule is CN(C1CCS(=O)(=O)C1)C(C)(C)C(=O)N1CCNCC1.